The highest BCUT2D eigenvalue weighted by molar-refractivity contribution is 7.89. The lowest BCUT2D eigenvalue weighted by Crippen LogP contribution is -2.50. The number of nitrogens with one attached hydrogen (secondary N) is 4. The van der Waals surface area contributed by atoms with Crippen LogP contribution in [0.4, 0.5) is 15.8 Å². The zero-order valence-corrected chi connectivity index (χ0v) is 22.7. The first kappa shape index (κ1) is 29.7. The van der Waals surface area contributed by atoms with Crippen LogP contribution in [-0.4, -0.2) is 81.1 Å². The van der Waals surface area contributed by atoms with E-state index < -0.39 is 50.1 Å². The Morgan fingerprint density at radius 3 is 2.49 bits per heavy atom. The first-order valence-corrected chi connectivity index (χ1v) is 14.4. The number of aliphatic carboxylic acids is 1. The number of nitro groups is 1. The molecule has 0 spiro atoms. The highest BCUT2D eigenvalue weighted by Gasteiger charge is 2.27. The second-order valence-corrected chi connectivity index (χ2v) is 11.3. The number of hydrogen-bond acceptors (Lipinski definition) is 10. The third-order valence-electron chi connectivity index (χ3n) is 6.70. The number of aliphatic imine (C=N–C) groups is 1. The molecular weight excluding hydrogens is 561 g/mol. The molecule has 1 amide bonds. The number of rotatable bonds is 10. The first-order chi connectivity index (χ1) is 19.5. The highest BCUT2D eigenvalue weighted by Crippen LogP contribution is 2.24. The molecule has 220 valence electrons. The fourth-order valence-corrected chi connectivity index (χ4v) is 5.66. The average molecular weight is 592 g/mol. The third-order valence-corrected chi connectivity index (χ3v) is 8.19. The van der Waals surface area contributed by atoms with Crippen molar-refractivity contribution in [3.8, 4) is 0 Å². The van der Waals surface area contributed by atoms with Crippen LogP contribution < -0.4 is 25.6 Å². The molecule has 2 aliphatic heterocycles. The molecule has 2 aliphatic rings. The van der Waals surface area contributed by atoms with Crippen LogP contribution in [0.25, 0.3) is 0 Å². The van der Waals surface area contributed by atoms with Crippen molar-refractivity contribution in [2.45, 2.75) is 36.2 Å². The SMILES string of the molecule is O=C(NCC(NS(=O)(=O)c1ccc([N+](=O)[O-])cc1)C(=O)O)c1ccc(N2CCC(NC3=NCCCN3)CC2)c(F)c1. The van der Waals surface area contributed by atoms with Crippen LogP contribution in [0.2, 0.25) is 0 Å². The molecule has 1 fully saturated rings. The molecule has 1 atom stereocenters. The zero-order valence-electron chi connectivity index (χ0n) is 21.9. The molecule has 16 heteroatoms. The van der Waals surface area contributed by atoms with Crippen molar-refractivity contribution in [2.24, 2.45) is 4.99 Å². The Bertz CT molecular complexity index is 1430. The van der Waals surface area contributed by atoms with Crippen molar-refractivity contribution >= 4 is 39.2 Å². The van der Waals surface area contributed by atoms with Crippen molar-refractivity contribution < 1.29 is 32.4 Å². The molecule has 4 rings (SSSR count). The van der Waals surface area contributed by atoms with E-state index >= 15 is 0 Å². The summed E-state index contributed by atoms with van der Waals surface area (Å²) in [6, 6.07) is 6.26. The molecule has 2 aromatic carbocycles. The predicted molar refractivity (Wildman–Crippen MR) is 147 cm³/mol. The zero-order chi connectivity index (χ0) is 29.6. The molecule has 5 N–H and O–H groups in total. The van der Waals surface area contributed by atoms with Crippen molar-refractivity contribution in [3.05, 3.63) is 64.0 Å². The van der Waals surface area contributed by atoms with Crippen molar-refractivity contribution in [1.82, 2.24) is 20.7 Å². The number of nitrogens with zero attached hydrogens (tertiary/aromatic N) is 3. The van der Waals surface area contributed by atoms with Gasteiger partial charge in [-0.2, -0.15) is 4.72 Å². The summed E-state index contributed by atoms with van der Waals surface area (Å²) >= 11 is 0. The summed E-state index contributed by atoms with van der Waals surface area (Å²) in [5.41, 5.74) is -0.0627. The average Bonchev–Trinajstić information content (AvgIpc) is 2.96. The molecule has 0 aromatic heterocycles. The molecule has 41 heavy (non-hydrogen) atoms. The second kappa shape index (κ2) is 12.9. The van der Waals surface area contributed by atoms with E-state index in [1.807, 2.05) is 9.62 Å². The molecule has 2 heterocycles. The monoisotopic (exact) mass is 591 g/mol. The minimum atomic E-state index is -4.38. The van der Waals surface area contributed by atoms with Crippen LogP contribution in [0.1, 0.15) is 29.6 Å². The van der Waals surface area contributed by atoms with Gasteiger partial charge in [0.1, 0.15) is 11.9 Å². The summed E-state index contributed by atoms with van der Waals surface area (Å²) in [6.07, 6.45) is 2.55. The Labute approximate surface area is 235 Å². The largest absolute Gasteiger partial charge is 0.480 e. The summed E-state index contributed by atoms with van der Waals surface area (Å²) in [4.78, 5) is 40.3. The summed E-state index contributed by atoms with van der Waals surface area (Å²) in [5.74, 6) is -2.18. The number of sulfonamides is 1. The van der Waals surface area contributed by atoms with Crippen LogP contribution in [0.5, 0.6) is 0 Å². The number of halogens is 1. The van der Waals surface area contributed by atoms with Gasteiger partial charge in [0.15, 0.2) is 5.96 Å². The van der Waals surface area contributed by atoms with Gasteiger partial charge in [-0.3, -0.25) is 24.7 Å². The number of carbonyl (C=O) groups excluding carboxylic acids is 1. The molecule has 0 aliphatic carbocycles. The number of carbonyl (C=O) groups is 2. The van der Waals surface area contributed by atoms with Crippen LogP contribution in [0, 0.1) is 15.9 Å². The summed E-state index contributed by atoms with van der Waals surface area (Å²) in [7, 11) is -4.38. The third kappa shape index (κ3) is 7.67. The van der Waals surface area contributed by atoms with E-state index in [0.717, 1.165) is 68.6 Å². The maximum atomic E-state index is 15.0. The van der Waals surface area contributed by atoms with E-state index in [0.29, 0.717) is 18.8 Å². The van der Waals surface area contributed by atoms with Gasteiger partial charge >= 0.3 is 5.97 Å². The van der Waals surface area contributed by atoms with Gasteiger partial charge in [0.05, 0.1) is 15.5 Å². The van der Waals surface area contributed by atoms with Gasteiger partial charge in [-0.1, -0.05) is 0 Å². The standard InChI is InChI=1S/C25H30FN7O7S/c26-20-14-16(2-7-22(20)32-12-8-17(9-13-32)30-25-27-10-1-11-28-25)23(34)29-15-21(24(35)36)31-41(39,40)19-5-3-18(4-6-19)33(37)38/h2-7,14,17,21,31H,1,8-13,15H2,(H,29,34)(H,35,36)(H2,27,28,30). The van der Waals surface area contributed by atoms with E-state index in [1.165, 1.54) is 12.1 Å². The van der Waals surface area contributed by atoms with E-state index in [2.05, 4.69) is 20.9 Å². The number of guanidine groups is 1. The summed E-state index contributed by atoms with van der Waals surface area (Å²) < 4.78 is 42.1. The lowest BCUT2D eigenvalue weighted by atomic mass is 10.0. The van der Waals surface area contributed by atoms with Gasteiger partial charge < -0.3 is 26.0 Å². The van der Waals surface area contributed by atoms with Gasteiger partial charge in [-0.05, 0) is 49.6 Å². The number of amides is 1. The Balaban J connectivity index is 1.32. The van der Waals surface area contributed by atoms with E-state index in [9.17, 15) is 37.6 Å². The highest BCUT2D eigenvalue weighted by atomic mass is 32.2. The fraction of sp³-hybridized carbons (Fsp3) is 0.400. The van der Waals surface area contributed by atoms with Crippen LogP contribution in [-0.2, 0) is 14.8 Å². The normalized spacial score (nSPS) is 16.7. The molecular formula is C25H30FN7O7S. The molecule has 0 saturated carbocycles. The Morgan fingerprint density at radius 1 is 1.20 bits per heavy atom. The number of carboxylic acid groups (broad SMARTS) is 1. The number of piperidine rings is 1. The molecule has 2 aromatic rings. The Morgan fingerprint density at radius 2 is 1.90 bits per heavy atom. The van der Waals surface area contributed by atoms with E-state index in [4.69, 9.17) is 0 Å². The Kier molecular flexibility index (Phi) is 9.34. The molecule has 0 bridgehead atoms. The van der Waals surface area contributed by atoms with Crippen LogP contribution in [0.15, 0.2) is 52.4 Å². The quantitative estimate of drug-likeness (QED) is 0.195. The van der Waals surface area contributed by atoms with Gasteiger partial charge in [0.25, 0.3) is 11.6 Å². The second-order valence-electron chi connectivity index (χ2n) is 9.56. The molecule has 14 nitrogen and oxygen atoms in total. The topological polar surface area (TPSA) is 195 Å². The number of anilines is 1. The number of non-ortho nitro benzene ring substituents is 1. The fourth-order valence-electron chi connectivity index (χ4n) is 4.47. The van der Waals surface area contributed by atoms with Crippen molar-refractivity contribution in [3.63, 3.8) is 0 Å². The van der Waals surface area contributed by atoms with Crippen molar-refractivity contribution in [2.75, 3.05) is 37.6 Å². The maximum Gasteiger partial charge on any atom is 0.323 e. The van der Waals surface area contributed by atoms with Crippen molar-refractivity contribution in [1.29, 1.82) is 0 Å². The molecule has 1 saturated heterocycles. The number of carboxylic acids is 1. The van der Waals surface area contributed by atoms with Gasteiger partial charge in [0.2, 0.25) is 10.0 Å². The van der Waals surface area contributed by atoms with E-state index in [1.54, 1.807) is 0 Å². The summed E-state index contributed by atoms with van der Waals surface area (Å²) in [5, 5.41) is 29.2. The smallest absolute Gasteiger partial charge is 0.323 e. The minimum absolute atomic E-state index is 0.0634. The van der Waals surface area contributed by atoms with Crippen LogP contribution >= 0.6 is 0 Å². The lowest BCUT2D eigenvalue weighted by molar-refractivity contribution is -0.384. The van der Waals surface area contributed by atoms with Crippen LogP contribution in [0.3, 0.4) is 0 Å². The number of nitro benzene ring substituents is 1. The maximum absolute atomic E-state index is 15.0. The number of benzene rings is 2. The van der Waals surface area contributed by atoms with E-state index in [-0.39, 0.29) is 17.3 Å². The van der Waals surface area contributed by atoms with Gasteiger partial charge in [0, 0.05) is 56.5 Å². The molecule has 0 radical (unpaired) electrons. The predicted octanol–water partition coefficient (Wildman–Crippen LogP) is 0.803. The van der Waals surface area contributed by atoms with Gasteiger partial charge in [-0.15, -0.1) is 0 Å². The minimum Gasteiger partial charge on any atom is -0.480 e. The Hall–Kier alpha value is -4.31. The summed E-state index contributed by atoms with van der Waals surface area (Å²) in [6.45, 7) is 2.23. The number of hydrogen-bond donors (Lipinski definition) is 5. The molecule has 1 unspecified atom stereocenters. The first-order valence-electron chi connectivity index (χ1n) is 12.9. The van der Waals surface area contributed by atoms with Gasteiger partial charge in [-0.25, -0.2) is 12.8 Å². The lowest BCUT2D eigenvalue weighted by Gasteiger charge is -2.35.